The molecule has 0 aromatic heterocycles. The third kappa shape index (κ3) is 3.47. The van der Waals surface area contributed by atoms with Gasteiger partial charge in [-0.15, -0.1) is 0 Å². The summed E-state index contributed by atoms with van der Waals surface area (Å²) in [5.41, 5.74) is 4.85. The highest BCUT2D eigenvalue weighted by Crippen LogP contribution is 2.19. The maximum absolute atomic E-state index is 11.2. The summed E-state index contributed by atoms with van der Waals surface area (Å²) in [6.07, 6.45) is 0.821. The van der Waals surface area contributed by atoms with Crippen molar-refractivity contribution in [3.8, 4) is 0 Å². The molecule has 0 aliphatic carbocycles. The molecule has 0 aromatic carbocycles. The molecule has 1 unspecified atom stereocenters. The van der Waals surface area contributed by atoms with Crippen LogP contribution in [0.15, 0.2) is 11.8 Å². The lowest BCUT2D eigenvalue weighted by Gasteiger charge is -2.16. The van der Waals surface area contributed by atoms with Crippen LogP contribution in [-0.4, -0.2) is 24.1 Å². The molecule has 0 aliphatic rings. The number of rotatable bonds is 4. The van der Waals surface area contributed by atoms with Gasteiger partial charge in [0.15, 0.2) is 0 Å². The van der Waals surface area contributed by atoms with Crippen LogP contribution in [0.25, 0.3) is 0 Å². The number of ether oxygens (including phenoxy) is 1. The molecule has 3 N–H and O–H groups in total. The first-order valence-corrected chi connectivity index (χ1v) is 4.18. The van der Waals surface area contributed by atoms with E-state index in [4.69, 9.17) is 5.73 Å². The molecular formula is C9H15NO4. The fourth-order valence-electron chi connectivity index (χ4n) is 1.10. The monoisotopic (exact) mass is 201 g/mol. The van der Waals surface area contributed by atoms with Crippen LogP contribution >= 0.6 is 0 Å². The van der Waals surface area contributed by atoms with E-state index in [1.165, 1.54) is 7.11 Å². The second kappa shape index (κ2) is 5.26. The van der Waals surface area contributed by atoms with Crippen molar-refractivity contribution in [3.63, 3.8) is 0 Å². The van der Waals surface area contributed by atoms with Gasteiger partial charge in [-0.05, 0) is 5.92 Å². The van der Waals surface area contributed by atoms with Crippen LogP contribution in [0.5, 0.6) is 0 Å². The molecule has 0 bridgehead atoms. The zero-order valence-electron chi connectivity index (χ0n) is 8.48. The summed E-state index contributed by atoms with van der Waals surface area (Å²) in [7, 11) is 1.22. The average molecular weight is 201 g/mol. The molecular weight excluding hydrogens is 186 g/mol. The number of hydrogen-bond donors (Lipinski definition) is 2. The minimum absolute atomic E-state index is 0.168. The minimum Gasteiger partial charge on any atom is -0.511 e. The average Bonchev–Trinajstić information content (AvgIpc) is 2.01. The molecule has 5 nitrogen and oxygen atoms in total. The normalized spacial score (nSPS) is 13.9. The number of carbonyl (C=O) groups is 2. The molecule has 0 saturated heterocycles. The highest BCUT2D eigenvalue weighted by Gasteiger charge is 2.27. The molecule has 0 aliphatic heterocycles. The van der Waals surface area contributed by atoms with Crippen LogP contribution in [-0.2, 0) is 14.3 Å². The maximum atomic E-state index is 11.2. The van der Waals surface area contributed by atoms with E-state index in [0.29, 0.717) is 0 Å². The van der Waals surface area contributed by atoms with Gasteiger partial charge in [-0.25, -0.2) is 0 Å². The van der Waals surface area contributed by atoms with Gasteiger partial charge in [-0.2, -0.15) is 0 Å². The lowest BCUT2D eigenvalue weighted by atomic mass is 9.93. The first kappa shape index (κ1) is 12.5. The number of primary amides is 1. The third-order valence-electron chi connectivity index (χ3n) is 1.73. The topological polar surface area (TPSA) is 89.6 Å². The first-order chi connectivity index (χ1) is 6.40. The van der Waals surface area contributed by atoms with Gasteiger partial charge in [0, 0.05) is 6.08 Å². The first-order valence-electron chi connectivity index (χ1n) is 4.18. The molecule has 0 spiro atoms. The highest BCUT2D eigenvalue weighted by atomic mass is 16.5. The summed E-state index contributed by atoms with van der Waals surface area (Å²) in [6.45, 7) is 3.46. The number of nitrogens with two attached hydrogens (primary N) is 1. The highest BCUT2D eigenvalue weighted by molar-refractivity contribution is 5.87. The van der Waals surface area contributed by atoms with Gasteiger partial charge >= 0.3 is 5.97 Å². The van der Waals surface area contributed by atoms with Gasteiger partial charge in [0.2, 0.25) is 5.91 Å². The number of carbonyl (C=O) groups excluding carboxylic acids is 2. The van der Waals surface area contributed by atoms with Crippen LogP contribution < -0.4 is 5.73 Å². The van der Waals surface area contributed by atoms with E-state index in [1.807, 2.05) is 0 Å². The fraction of sp³-hybridized carbons (Fsp3) is 0.556. The van der Waals surface area contributed by atoms with Crippen LogP contribution in [0, 0.1) is 11.8 Å². The van der Waals surface area contributed by atoms with E-state index in [-0.39, 0.29) is 11.7 Å². The summed E-state index contributed by atoms with van der Waals surface area (Å²) in [4.78, 5) is 21.7. The SMILES string of the molecule is COC(=O)C(/C(O)=C/C(N)=O)C(C)C. The number of aliphatic hydroxyl groups excluding tert-OH is 1. The van der Waals surface area contributed by atoms with Crippen LogP contribution in [0.1, 0.15) is 13.8 Å². The zero-order valence-corrected chi connectivity index (χ0v) is 8.48. The van der Waals surface area contributed by atoms with E-state index in [2.05, 4.69) is 4.74 Å². The quantitative estimate of drug-likeness (QED) is 0.390. The smallest absolute Gasteiger partial charge is 0.316 e. The number of hydrogen-bond acceptors (Lipinski definition) is 4. The molecule has 80 valence electrons. The zero-order chi connectivity index (χ0) is 11.3. The van der Waals surface area contributed by atoms with Crippen molar-refractivity contribution >= 4 is 11.9 Å². The summed E-state index contributed by atoms with van der Waals surface area (Å²) < 4.78 is 4.48. The largest absolute Gasteiger partial charge is 0.511 e. The molecule has 5 heteroatoms. The molecule has 0 saturated carbocycles. The predicted octanol–water partition coefficient (Wildman–Crippen LogP) is 0.359. The van der Waals surface area contributed by atoms with Crippen LogP contribution in [0.4, 0.5) is 0 Å². The Balaban J connectivity index is 4.83. The van der Waals surface area contributed by atoms with Gasteiger partial charge in [0.05, 0.1) is 7.11 Å². The predicted molar refractivity (Wildman–Crippen MR) is 50.3 cm³/mol. The van der Waals surface area contributed by atoms with E-state index in [1.54, 1.807) is 13.8 Å². The third-order valence-corrected chi connectivity index (χ3v) is 1.73. The van der Waals surface area contributed by atoms with Crippen molar-refractivity contribution in [2.75, 3.05) is 7.11 Å². The standard InChI is InChI=1S/C9H15NO4/c1-5(2)8(9(13)14-3)6(11)4-7(10)12/h4-5,8,11H,1-3H3,(H2,10,12)/b6-4-. The van der Waals surface area contributed by atoms with Crippen molar-refractivity contribution < 1.29 is 19.4 Å². The van der Waals surface area contributed by atoms with Crippen molar-refractivity contribution in [3.05, 3.63) is 11.8 Å². The van der Waals surface area contributed by atoms with Gasteiger partial charge < -0.3 is 15.6 Å². The van der Waals surface area contributed by atoms with Gasteiger partial charge in [0.25, 0.3) is 0 Å². The van der Waals surface area contributed by atoms with E-state index < -0.39 is 17.8 Å². The van der Waals surface area contributed by atoms with E-state index in [9.17, 15) is 14.7 Å². The lowest BCUT2D eigenvalue weighted by Crippen LogP contribution is -2.25. The van der Waals surface area contributed by atoms with Gasteiger partial charge in [0.1, 0.15) is 11.7 Å². The Bertz CT molecular complexity index is 258. The summed E-state index contributed by atoms with van der Waals surface area (Å²) >= 11 is 0. The fourth-order valence-corrected chi connectivity index (χ4v) is 1.10. The molecule has 1 amide bonds. The molecule has 0 fully saturated rings. The van der Waals surface area contributed by atoms with Crippen molar-refractivity contribution in [2.24, 2.45) is 17.6 Å². The number of methoxy groups -OCH3 is 1. The number of aliphatic hydroxyl groups is 1. The van der Waals surface area contributed by atoms with Crippen LogP contribution in [0.2, 0.25) is 0 Å². The molecule has 0 aromatic rings. The Kier molecular flexibility index (Phi) is 4.69. The summed E-state index contributed by atoms with van der Waals surface area (Å²) in [5.74, 6) is -2.75. The van der Waals surface area contributed by atoms with Gasteiger partial charge in [-0.1, -0.05) is 13.8 Å². The van der Waals surface area contributed by atoms with E-state index >= 15 is 0 Å². The van der Waals surface area contributed by atoms with E-state index in [0.717, 1.165) is 6.08 Å². The molecule has 0 rings (SSSR count). The molecule has 1 atom stereocenters. The summed E-state index contributed by atoms with van der Waals surface area (Å²) in [5, 5.41) is 9.41. The van der Waals surface area contributed by atoms with Crippen molar-refractivity contribution in [1.82, 2.24) is 0 Å². The Labute approximate surface area is 82.5 Å². The number of esters is 1. The number of amides is 1. The van der Waals surface area contributed by atoms with Gasteiger partial charge in [-0.3, -0.25) is 9.59 Å². The molecule has 14 heavy (non-hydrogen) atoms. The Hall–Kier alpha value is -1.52. The second-order valence-electron chi connectivity index (χ2n) is 3.22. The minimum atomic E-state index is -0.840. The van der Waals surface area contributed by atoms with Crippen LogP contribution in [0.3, 0.4) is 0 Å². The Morgan fingerprint density at radius 1 is 1.43 bits per heavy atom. The Morgan fingerprint density at radius 3 is 2.21 bits per heavy atom. The lowest BCUT2D eigenvalue weighted by molar-refractivity contribution is -0.146. The summed E-state index contributed by atoms with van der Waals surface area (Å²) in [6, 6.07) is 0. The molecule has 0 radical (unpaired) electrons. The van der Waals surface area contributed by atoms with Crippen molar-refractivity contribution in [1.29, 1.82) is 0 Å². The van der Waals surface area contributed by atoms with Crippen molar-refractivity contribution in [2.45, 2.75) is 13.8 Å². The second-order valence-corrected chi connectivity index (χ2v) is 3.22. The molecule has 0 heterocycles. The maximum Gasteiger partial charge on any atom is 0.316 e. The Morgan fingerprint density at radius 2 is 1.93 bits per heavy atom.